The van der Waals surface area contributed by atoms with Gasteiger partial charge >= 0.3 is 12.3 Å². The number of amides is 1. The van der Waals surface area contributed by atoms with Gasteiger partial charge in [-0.25, -0.2) is 9.78 Å². The van der Waals surface area contributed by atoms with Crippen molar-refractivity contribution in [2.75, 3.05) is 34.8 Å². The fourth-order valence-electron chi connectivity index (χ4n) is 4.79. The normalized spacial score (nSPS) is 23.3. The molecule has 5 heterocycles. The van der Waals surface area contributed by atoms with Gasteiger partial charge < -0.3 is 19.6 Å². The zero-order valence-electron chi connectivity index (χ0n) is 18.2. The van der Waals surface area contributed by atoms with Crippen molar-refractivity contribution < 1.29 is 32.6 Å². The van der Waals surface area contributed by atoms with E-state index in [-0.39, 0.29) is 41.8 Å². The predicted molar refractivity (Wildman–Crippen MR) is 116 cm³/mol. The third-order valence-electron chi connectivity index (χ3n) is 6.44. The molecule has 3 aliphatic heterocycles. The van der Waals surface area contributed by atoms with Gasteiger partial charge in [-0.2, -0.15) is 18.2 Å². The summed E-state index contributed by atoms with van der Waals surface area (Å²) in [4.78, 5) is 47.4. The maximum atomic E-state index is 14.0. The number of carbonyl (C=O) groups is 2. The van der Waals surface area contributed by atoms with Gasteiger partial charge in [0.25, 0.3) is 5.56 Å². The van der Waals surface area contributed by atoms with E-state index in [1.54, 1.807) is 0 Å². The number of carboxylic acid groups (broad SMARTS) is 1. The molecule has 0 aromatic carbocycles. The van der Waals surface area contributed by atoms with Crippen LogP contribution >= 0.6 is 0 Å². The minimum Gasteiger partial charge on any atom is -0.465 e. The number of rotatable bonds is 5. The van der Waals surface area contributed by atoms with E-state index in [4.69, 9.17) is 9.84 Å². The van der Waals surface area contributed by atoms with Crippen molar-refractivity contribution in [3.05, 3.63) is 40.3 Å². The maximum Gasteiger partial charge on any atom is 0.410 e. The number of alkyl halides is 3. The number of hydrogen-bond donors (Lipinski definition) is 2. The zero-order chi connectivity index (χ0) is 24.9. The van der Waals surface area contributed by atoms with E-state index in [2.05, 4.69) is 9.97 Å². The fraction of sp³-hybridized carbons (Fsp3) is 0.476. The number of nitrogens with one attached hydrogen (secondary N) is 1. The van der Waals surface area contributed by atoms with Crippen LogP contribution in [0.1, 0.15) is 23.2 Å². The van der Waals surface area contributed by atoms with Crippen LogP contribution in [0.4, 0.5) is 35.5 Å². The molecule has 0 radical (unpaired) electrons. The highest BCUT2D eigenvalue weighted by molar-refractivity contribution is 5.99. The Morgan fingerprint density at radius 1 is 1.29 bits per heavy atom. The lowest BCUT2D eigenvalue weighted by Crippen LogP contribution is -2.54. The van der Waals surface area contributed by atoms with Crippen molar-refractivity contribution in [1.29, 1.82) is 0 Å². The SMILES string of the molecule is O=C(O)Nc1ccc(C(=O)CN2c3nc(N4CC5CC4CO5)cc(=O)n3CCC2C(F)(F)F)cn1. The third-order valence-corrected chi connectivity index (χ3v) is 6.44. The Balaban J connectivity index is 1.48. The number of halogens is 3. The van der Waals surface area contributed by atoms with E-state index in [0.717, 1.165) is 22.1 Å². The van der Waals surface area contributed by atoms with Crippen molar-refractivity contribution in [1.82, 2.24) is 14.5 Å². The number of ketones is 1. The predicted octanol–water partition coefficient (Wildman–Crippen LogP) is 1.73. The lowest BCUT2D eigenvalue weighted by atomic mass is 10.1. The Morgan fingerprint density at radius 3 is 2.69 bits per heavy atom. The van der Waals surface area contributed by atoms with E-state index in [1.807, 2.05) is 10.2 Å². The fourth-order valence-corrected chi connectivity index (χ4v) is 4.79. The van der Waals surface area contributed by atoms with Crippen molar-refractivity contribution in [3.8, 4) is 0 Å². The molecule has 2 N–H and O–H groups in total. The first kappa shape index (κ1) is 23.1. The number of carbonyl (C=O) groups excluding carboxylic acids is 1. The van der Waals surface area contributed by atoms with Crippen LogP contribution in [0.3, 0.4) is 0 Å². The van der Waals surface area contributed by atoms with Gasteiger partial charge in [-0.1, -0.05) is 0 Å². The first-order valence-corrected chi connectivity index (χ1v) is 10.9. The summed E-state index contributed by atoms with van der Waals surface area (Å²) in [5.74, 6) is -0.666. The van der Waals surface area contributed by atoms with Crippen LogP contribution in [0.25, 0.3) is 0 Å². The third kappa shape index (κ3) is 4.40. The lowest BCUT2D eigenvalue weighted by molar-refractivity contribution is -0.152. The molecule has 2 aromatic rings. The highest BCUT2D eigenvalue weighted by atomic mass is 19.4. The number of anilines is 3. The summed E-state index contributed by atoms with van der Waals surface area (Å²) in [5, 5.41) is 10.8. The van der Waals surface area contributed by atoms with Crippen LogP contribution < -0.4 is 20.7 Å². The Labute approximate surface area is 196 Å². The van der Waals surface area contributed by atoms with Crippen molar-refractivity contribution >= 4 is 29.5 Å². The number of fused-ring (bicyclic) bond motifs is 3. The molecule has 0 aliphatic carbocycles. The highest BCUT2D eigenvalue weighted by Gasteiger charge is 2.48. The molecule has 11 nitrogen and oxygen atoms in total. The van der Waals surface area contributed by atoms with E-state index in [9.17, 15) is 27.6 Å². The zero-order valence-corrected chi connectivity index (χ0v) is 18.2. The standard InChI is InChI=1S/C21H21F3N6O5/c22-21(23,24)15-3-4-28-18(32)6-17(29-8-13-5-12(29)10-35-13)27-19(28)30(15)9-14(31)11-1-2-16(25-7-11)26-20(33)34/h1-2,6-7,12-13,15H,3-5,8-10H2,(H,25,26)(H,33,34). The molecule has 3 atom stereocenters. The lowest BCUT2D eigenvalue weighted by Gasteiger charge is -2.39. The highest BCUT2D eigenvalue weighted by Crippen LogP contribution is 2.36. The molecule has 1 amide bonds. The second-order valence-electron chi connectivity index (χ2n) is 8.66. The number of aromatic nitrogens is 3. The average Bonchev–Trinajstić information content (AvgIpc) is 3.42. The van der Waals surface area contributed by atoms with Gasteiger partial charge in [0, 0.05) is 30.9 Å². The molecule has 2 saturated heterocycles. The first-order valence-electron chi connectivity index (χ1n) is 10.9. The van der Waals surface area contributed by atoms with Crippen LogP contribution in [-0.2, 0) is 11.3 Å². The van der Waals surface area contributed by atoms with Gasteiger partial charge in [-0.15, -0.1) is 0 Å². The molecule has 0 spiro atoms. The second kappa shape index (κ2) is 8.52. The van der Waals surface area contributed by atoms with E-state index >= 15 is 0 Å². The van der Waals surface area contributed by atoms with Crippen LogP contribution in [0, 0.1) is 0 Å². The van der Waals surface area contributed by atoms with E-state index in [1.165, 1.54) is 18.2 Å². The van der Waals surface area contributed by atoms with Crippen LogP contribution in [0.5, 0.6) is 0 Å². The number of Topliss-reactive ketones (excluding diaryl/α,β-unsaturated/α-hetero) is 1. The summed E-state index contributed by atoms with van der Waals surface area (Å²) in [7, 11) is 0. The number of hydrogen-bond acceptors (Lipinski definition) is 8. The Morgan fingerprint density at radius 2 is 2.09 bits per heavy atom. The van der Waals surface area contributed by atoms with Gasteiger partial charge in [-0.05, 0) is 25.0 Å². The summed E-state index contributed by atoms with van der Waals surface area (Å²) >= 11 is 0. The van der Waals surface area contributed by atoms with Crippen LogP contribution in [0.15, 0.2) is 29.2 Å². The Kier molecular flexibility index (Phi) is 5.62. The molecule has 3 unspecified atom stereocenters. The molecule has 186 valence electrons. The minimum atomic E-state index is -4.66. The summed E-state index contributed by atoms with van der Waals surface area (Å²) in [6.45, 7) is 0.0771. The van der Waals surface area contributed by atoms with Crippen LogP contribution in [0.2, 0.25) is 0 Å². The van der Waals surface area contributed by atoms with E-state index < -0.39 is 42.6 Å². The largest absolute Gasteiger partial charge is 0.465 e. The maximum absolute atomic E-state index is 14.0. The molecule has 2 aromatic heterocycles. The quantitative estimate of drug-likeness (QED) is 0.597. The topological polar surface area (TPSA) is 130 Å². The summed E-state index contributed by atoms with van der Waals surface area (Å²) in [6, 6.07) is 1.81. The van der Waals surface area contributed by atoms with Crippen molar-refractivity contribution in [2.24, 2.45) is 0 Å². The van der Waals surface area contributed by atoms with Crippen molar-refractivity contribution in [2.45, 2.75) is 43.8 Å². The van der Waals surface area contributed by atoms with E-state index in [0.29, 0.717) is 13.2 Å². The number of pyridine rings is 1. The summed E-state index contributed by atoms with van der Waals surface area (Å²) in [6.07, 6.45) is -4.59. The molecule has 14 heteroatoms. The molecule has 2 fully saturated rings. The molecule has 5 rings (SSSR count). The monoisotopic (exact) mass is 494 g/mol. The number of morpholine rings is 1. The van der Waals surface area contributed by atoms with Gasteiger partial charge in [0.15, 0.2) is 5.78 Å². The summed E-state index contributed by atoms with van der Waals surface area (Å²) in [5.41, 5.74) is -0.496. The van der Waals surface area contributed by atoms with Gasteiger partial charge in [0.1, 0.15) is 17.7 Å². The number of ether oxygens (including phenoxy) is 1. The van der Waals surface area contributed by atoms with Gasteiger partial charge in [0.05, 0.1) is 25.3 Å². The first-order chi connectivity index (χ1) is 16.6. The smallest absolute Gasteiger partial charge is 0.410 e. The van der Waals surface area contributed by atoms with Crippen molar-refractivity contribution in [3.63, 3.8) is 0 Å². The molecular formula is C21H21F3N6O5. The molecule has 3 aliphatic rings. The molecule has 35 heavy (non-hydrogen) atoms. The Hall–Kier alpha value is -3.68. The molecule has 0 saturated carbocycles. The van der Waals surface area contributed by atoms with Crippen LogP contribution in [-0.4, -0.2) is 75.6 Å². The molecular weight excluding hydrogens is 473 g/mol. The molecule has 2 bridgehead atoms. The van der Waals surface area contributed by atoms with Gasteiger partial charge in [0.2, 0.25) is 5.95 Å². The summed E-state index contributed by atoms with van der Waals surface area (Å²) < 4.78 is 48.6. The Bertz CT molecular complexity index is 1220. The average molecular weight is 494 g/mol. The van der Waals surface area contributed by atoms with Gasteiger partial charge in [-0.3, -0.25) is 19.5 Å². The number of nitrogens with zero attached hydrogens (tertiary/aromatic N) is 5. The minimum absolute atomic E-state index is 0.00367. The second-order valence-corrected chi connectivity index (χ2v) is 8.66.